The third kappa shape index (κ3) is 2.78. The lowest BCUT2D eigenvalue weighted by molar-refractivity contribution is -0.141. The van der Waals surface area contributed by atoms with Crippen molar-refractivity contribution in [2.75, 3.05) is 7.11 Å². The fourth-order valence-corrected chi connectivity index (χ4v) is 1.96. The van der Waals surface area contributed by atoms with Crippen molar-refractivity contribution in [2.45, 2.75) is 13.1 Å². The molecule has 1 aromatic heterocycles. The minimum absolute atomic E-state index is 0. The highest BCUT2D eigenvalue weighted by atomic mass is 79.9. The van der Waals surface area contributed by atoms with Gasteiger partial charge in [-0.2, -0.15) is 0 Å². The molecule has 0 bridgehead atoms. The Hall–Kier alpha value is -1.82. The fourth-order valence-electron chi connectivity index (χ4n) is 1.96. The molecule has 0 atom stereocenters. The van der Waals surface area contributed by atoms with Gasteiger partial charge in [-0.1, -0.05) is 18.2 Å². The molecule has 1 N–H and O–H groups in total. The average molecular weight is 325 g/mol. The molecule has 5 nitrogen and oxygen atoms in total. The molecule has 1 heterocycles. The van der Waals surface area contributed by atoms with Crippen LogP contribution in [-0.4, -0.2) is 22.2 Å². The van der Waals surface area contributed by atoms with E-state index in [9.17, 15) is 4.79 Å². The third-order valence-electron chi connectivity index (χ3n) is 2.80. The molecule has 6 heteroatoms. The van der Waals surface area contributed by atoms with Gasteiger partial charge in [-0.25, -0.2) is 0 Å². The molecule has 2 rings (SSSR count). The van der Waals surface area contributed by atoms with Crippen LogP contribution in [0, 0.1) is 5.41 Å². The predicted octanol–water partition coefficient (Wildman–Crippen LogP) is -1.71. The molecule has 0 spiro atoms. The van der Waals surface area contributed by atoms with Crippen molar-refractivity contribution in [3.8, 4) is 0 Å². The van der Waals surface area contributed by atoms with Crippen LogP contribution in [0.1, 0.15) is 0 Å². The van der Waals surface area contributed by atoms with E-state index in [2.05, 4.69) is 11.3 Å². The number of benzene rings is 1. The lowest BCUT2D eigenvalue weighted by Crippen LogP contribution is -3.00. The molecule has 0 saturated heterocycles. The van der Waals surface area contributed by atoms with E-state index in [1.54, 1.807) is 15.2 Å². The van der Waals surface area contributed by atoms with Gasteiger partial charge in [0.2, 0.25) is 5.62 Å². The first-order valence-electron chi connectivity index (χ1n) is 5.59. The highest BCUT2D eigenvalue weighted by Gasteiger charge is 2.12. The number of halogens is 1. The Morgan fingerprint density at radius 2 is 1.95 bits per heavy atom. The van der Waals surface area contributed by atoms with E-state index in [0.717, 1.165) is 11.0 Å². The summed E-state index contributed by atoms with van der Waals surface area (Å²) in [5.41, 5.74) is 2.02. The standard InChI is InChI=1S/C13H15N3O2.BrH/c1-3-8-15-10-6-4-5-7-11(10)16(13(15)14)9-12(17)18-2;/h3-7,14H,1,8-9H2,2H3;1H/p-1. The zero-order valence-electron chi connectivity index (χ0n) is 10.6. The number of methoxy groups -OCH3 is 1. The summed E-state index contributed by atoms with van der Waals surface area (Å²) in [6.45, 7) is 4.26. The highest BCUT2D eigenvalue weighted by Crippen LogP contribution is 2.12. The average Bonchev–Trinajstić information content (AvgIpc) is 2.65. The number of rotatable bonds is 4. The van der Waals surface area contributed by atoms with Gasteiger partial charge in [0, 0.05) is 6.54 Å². The van der Waals surface area contributed by atoms with Crippen molar-refractivity contribution in [3.05, 3.63) is 42.5 Å². The van der Waals surface area contributed by atoms with E-state index in [0.29, 0.717) is 6.54 Å². The van der Waals surface area contributed by atoms with Gasteiger partial charge < -0.3 is 26.3 Å². The van der Waals surface area contributed by atoms with Crippen molar-refractivity contribution in [1.29, 1.82) is 5.41 Å². The Labute approximate surface area is 121 Å². The normalized spacial score (nSPS) is 9.95. The van der Waals surface area contributed by atoms with Crippen molar-refractivity contribution in [3.63, 3.8) is 0 Å². The summed E-state index contributed by atoms with van der Waals surface area (Å²) in [6, 6.07) is 7.60. The number of fused-ring (bicyclic) bond motifs is 1. The topological polar surface area (TPSA) is 60.0 Å². The summed E-state index contributed by atoms with van der Waals surface area (Å²) in [5.74, 6) is -0.366. The Bertz CT molecular complexity index is 657. The number of allylic oxidation sites excluding steroid dienone is 1. The summed E-state index contributed by atoms with van der Waals surface area (Å²) in [4.78, 5) is 11.4. The summed E-state index contributed by atoms with van der Waals surface area (Å²) in [7, 11) is 1.34. The molecule has 0 fully saturated rings. The van der Waals surface area contributed by atoms with Crippen LogP contribution in [0.4, 0.5) is 0 Å². The number of esters is 1. The highest BCUT2D eigenvalue weighted by molar-refractivity contribution is 5.78. The molecule has 0 aliphatic rings. The number of nitrogens with one attached hydrogen (secondary N) is 1. The number of carbonyl (C=O) groups is 1. The lowest BCUT2D eigenvalue weighted by Gasteiger charge is -2.02. The lowest BCUT2D eigenvalue weighted by atomic mass is 10.3. The Kier molecular flexibility index (Phi) is 5.11. The smallest absolute Gasteiger partial charge is 0.325 e. The molecular formula is C13H15BrN3O2-. The second kappa shape index (κ2) is 6.38. The minimum Gasteiger partial charge on any atom is -1.00 e. The molecule has 0 aliphatic carbocycles. The van der Waals surface area contributed by atoms with Crippen LogP contribution in [0.5, 0.6) is 0 Å². The van der Waals surface area contributed by atoms with Crippen LogP contribution in [0.25, 0.3) is 11.0 Å². The van der Waals surface area contributed by atoms with Gasteiger partial charge >= 0.3 is 5.97 Å². The second-order valence-electron chi connectivity index (χ2n) is 3.87. The summed E-state index contributed by atoms with van der Waals surface area (Å²) in [6.07, 6.45) is 1.73. The molecule has 0 unspecified atom stereocenters. The van der Waals surface area contributed by atoms with Crippen LogP contribution in [0.15, 0.2) is 36.9 Å². The predicted molar refractivity (Wildman–Crippen MR) is 68.0 cm³/mol. The molecule has 19 heavy (non-hydrogen) atoms. The zero-order valence-corrected chi connectivity index (χ0v) is 12.2. The van der Waals surface area contributed by atoms with E-state index in [1.807, 2.05) is 24.3 Å². The van der Waals surface area contributed by atoms with Crippen molar-refractivity contribution >= 4 is 17.0 Å². The van der Waals surface area contributed by atoms with Crippen LogP contribution in [0.2, 0.25) is 0 Å². The Balaban J connectivity index is 0.00000180. The van der Waals surface area contributed by atoms with Gasteiger partial charge in [0.1, 0.15) is 6.54 Å². The van der Waals surface area contributed by atoms with Crippen molar-refractivity contribution in [1.82, 2.24) is 9.13 Å². The maximum atomic E-state index is 11.4. The molecule has 0 radical (unpaired) electrons. The number of imidazole rings is 1. The Morgan fingerprint density at radius 1 is 1.37 bits per heavy atom. The number of hydrogen-bond acceptors (Lipinski definition) is 3. The van der Waals surface area contributed by atoms with Gasteiger partial charge in [0.25, 0.3) is 0 Å². The van der Waals surface area contributed by atoms with Gasteiger partial charge in [-0.15, -0.1) is 6.58 Å². The molecule has 0 amide bonds. The number of carbonyl (C=O) groups excluding carboxylic acids is 1. The number of hydrogen-bond donors (Lipinski definition) is 1. The number of ether oxygens (including phenoxy) is 1. The van der Waals surface area contributed by atoms with Gasteiger partial charge in [-0.3, -0.25) is 14.8 Å². The van der Waals surface area contributed by atoms with Gasteiger partial charge in [-0.05, 0) is 12.1 Å². The molecule has 2 aromatic rings. The summed E-state index contributed by atoms with van der Waals surface area (Å²) >= 11 is 0. The SMILES string of the molecule is C=CCn1c(=N)n(CC(=O)OC)c2ccccc21.[Br-]. The molecule has 0 aliphatic heterocycles. The Morgan fingerprint density at radius 3 is 2.47 bits per heavy atom. The number of para-hydroxylation sites is 2. The van der Waals surface area contributed by atoms with Crippen molar-refractivity contribution < 1.29 is 26.5 Å². The van der Waals surface area contributed by atoms with E-state index < -0.39 is 0 Å². The first kappa shape index (κ1) is 15.2. The zero-order chi connectivity index (χ0) is 13.1. The van der Waals surface area contributed by atoms with E-state index in [-0.39, 0.29) is 35.1 Å². The van der Waals surface area contributed by atoms with Gasteiger partial charge in [0.15, 0.2) is 0 Å². The first-order valence-corrected chi connectivity index (χ1v) is 5.59. The van der Waals surface area contributed by atoms with Crippen molar-refractivity contribution in [2.24, 2.45) is 0 Å². The second-order valence-corrected chi connectivity index (χ2v) is 3.87. The monoisotopic (exact) mass is 324 g/mol. The van der Waals surface area contributed by atoms with E-state index in [1.165, 1.54) is 7.11 Å². The van der Waals surface area contributed by atoms with Crippen LogP contribution in [0.3, 0.4) is 0 Å². The van der Waals surface area contributed by atoms with Crippen LogP contribution < -0.4 is 22.6 Å². The maximum Gasteiger partial charge on any atom is 0.325 e. The third-order valence-corrected chi connectivity index (χ3v) is 2.80. The molecule has 102 valence electrons. The number of nitrogens with zero attached hydrogens (tertiary/aromatic N) is 2. The summed E-state index contributed by atoms with van der Waals surface area (Å²) < 4.78 is 8.08. The molecule has 0 saturated carbocycles. The quantitative estimate of drug-likeness (QED) is 0.537. The fraction of sp³-hybridized carbons (Fsp3) is 0.231. The van der Waals surface area contributed by atoms with E-state index >= 15 is 0 Å². The maximum absolute atomic E-state index is 11.4. The molecular weight excluding hydrogens is 310 g/mol. The van der Waals surface area contributed by atoms with E-state index in [4.69, 9.17) is 5.41 Å². The van der Waals surface area contributed by atoms with Crippen LogP contribution >= 0.6 is 0 Å². The summed E-state index contributed by atoms with van der Waals surface area (Å²) in [5, 5.41) is 8.12. The first-order chi connectivity index (χ1) is 8.69. The minimum atomic E-state index is -0.366. The largest absolute Gasteiger partial charge is 1.00 e. The number of aromatic nitrogens is 2. The van der Waals surface area contributed by atoms with Crippen LogP contribution in [-0.2, 0) is 22.6 Å². The molecule has 1 aromatic carbocycles. The van der Waals surface area contributed by atoms with Gasteiger partial charge in [0.05, 0.1) is 18.1 Å².